The number of oxime groups is 1. The van der Waals surface area contributed by atoms with Gasteiger partial charge >= 0.3 is 11.9 Å². The fourth-order valence-corrected chi connectivity index (χ4v) is 2.89. The van der Waals surface area contributed by atoms with Crippen LogP contribution in [0.25, 0.3) is 0 Å². The number of alkyl halides is 2. The van der Waals surface area contributed by atoms with Crippen LogP contribution in [0.4, 0.5) is 8.78 Å². The highest BCUT2D eigenvalue weighted by atomic mass is 19.3. The number of amides is 1. The molecule has 1 fully saturated rings. The number of benzene rings is 2. The number of methoxy groups -OCH3 is 1. The van der Waals surface area contributed by atoms with Crippen molar-refractivity contribution in [3.05, 3.63) is 65.2 Å². The maximum Gasteiger partial charge on any atom is 0.427 e. The number of hydrogen-bond acceptors (Lipinski definition) is 5. The van der Waals surface area contributed by atoms with Gasteiger partial charge < -0.3 is 14.9 Å². The number of nitrogens with one attached hydrogen (secondary N) is 1. The third-order valence-electron chi connectivity index (χ3n) is 4.49. The molecule has 2 aliphatic rings. The lowest BCUT2D eigenvalue weighted by molar-refractivity contribution is -0.0370. The average molecular weight is 374 g/mol. The molecule has 140 valence electrons. The predicted octanol–water partition coefficient (Wildman–Crippen LogP) is 3.07. The Bertz CT molecular complexity index is 914. The van der Waals surface area contributed by atoms with E-state index in [4.69, 9.17) is 9.57 Å². The van der Waals surface area contributed by atoms with E-state index in [9.17, 15) is 13.6 Å². The van der Waals surface area contributed by atoms with Crippen molar-refractivity contribution in [2.45, 2.75) is 24.9 Å². The summed E-state index contributed by atoms with van der Waals surface area (Å²) in [6, 6.07) is 14.0. The Labute approximate surface area is 153 Å². The van der Waals surface area contributed by atoms with Gasteiger partial charge in [0, 0.05) is 6.54 Å². The van der Waals surface area contributed by atoms with Crippen molar-refractivity contribution in [1.29, 1.82) is 0 Å². The molecule has 1 N–H and O–H groups in total. The molecule has 0 bridgehead atoms. The first-order valence-electron chi connectivity index (χ1n) is 8.28. The van der Waals surface area contributed by atoms with Crippen LogP contribution in [0.3, 0.4) is 0 Å². The molecular formula is C19H16F2N2O4. The third-order valence-corrected chi connectivity index (χ3v) is 4.49. The van der Waals surface area contributed by atoms with E-state index in [0.717, 1.165) is 5.56 Å². The number of carbonyl (C=O) groups excluding carboxylic acids is 1. The topological polar surface area (TPSA) is 72.5 Å². The lowest BCUT2D eigenvalue weighted by Gasteiger charge is -2.09. The van der Waals surface area contributed by atoms with Crippen molar-refractivity contribution in [3.8, 4) is 5.75 Å². The highest BCUT2D eigenvalue weighted by Crippen LogP contribution is 2.56. The molecule has 0 aromatic heterocycles. The second-order valence-corrected chi connectivity index (χ2v) is 6.26. The summed E-state index contributed by atoms with van der Waals surface area (Å²) >= 11 is 0. The lowest BCUT2D eigenvalue weighted by Crippen LogP contribution is -2.23. The molecular weight excluding hydrogens is 358 g/mol. The number of nitrogens with zero attached hydrogens (tertiary/aromatic N) is 1. The highest BCUT2D eigenvalue weighted by molar-refractivity contribution is 6.02. The summed E-state index contributed by atoms with van der Waals surface area (Å²) in [6.45, 7) is 0.311. The zero-order valence-corrected chi connectivity index (χ0v) is 14.4. The fourth-order valence-electron chi connectivity index (χ4n) is 2.89. The number of epoxide rings is 1. The first kappa shape index (κ1) is 17.4. The first-order valence-corrected chi connectivity index (χ1v) is 8.28. The molecule has 2 aromatic rings. The van der Waals surface area contributed by atoms with E-state index < -0.39 is 11.9 Å². The number of hydrogen-bond donors (Lipinski definition) is 1. The van der Waals surface area contributed by atoms with Crippen LogP contribution in [0.1, 0.15) is 27.9 Å². The van der Waals surface area contributed by atoms with E-state index in [2.05, 4.69) is 15.2 Å². The molecule has 0 aliphatic carbocycles. The number of carbonyl (C=O) groups is 1. The standard InChI is InChI=1S/C19H16F2N2O4/c1-25-16-5-3-2-4-14(16)17(24)22-11-12-6-8-13(9-7-12)15-10-18(27-23-15)19(20,21)26-18/h2-9H,10-11H2,1H3,(H,22,24). The molecule has 1 unspecified atom stereocenters. The van der Waals surface area contributed by atoms with Gasteiger partial charge in [-0.3, -0.25) is 9.53 Å². The van der Waals surface area contributed by atoms with Gasteiger partial charge in [0.2, 0.25) is 0 Å². The van der Waals surface area contributed by atoms with E-state index in [1.807, 2.05) is 0 Å². The van der Waals surface area contributed by atoms with Crippen molar-refractivity contribution in [2.75, 3.05) is 7.11 Å². The molecule has 1 saturated heterocycles. The van der Waals surface area contributed by atoms with Crippen LogP contribution in [-0.2, 0) is 16.1 Å². The van der Waals surface area contributed by atoms with E-state index in [-0.39, 0.29) is 12.3 Å². The minimum Gasteiger partial charge on any atom is -0.496 e. The molecule has 2 aromatic carbocycles. The van der Waals surface area contributed by atoms with Crippen molar-refractivity contribution in [2.24, 2.45) is 5.16 Å². The Hall–Kier alpha value is -3.00. The molecule has 6 nitrogen and oxygen atoms in total. The lowest BCUT2D eigenvalue weighted by atomic mass is 10.0. The zero-order chi connectivity index (χ0) is 19.1. The molecule has 8 heteroatoms. The van der Waals surface area contributed by atoms with Crippen LogP contribution in [-0.4, -0.2) is 30.6 Å². The Balaban J connectivity index is 1.37. The Morgan fingerprint density at radius 1 is 1.22 bits per heavy atom. The van der Waals surface area contributed by atoms with Gasteiger partial charge in [-0.1, -0.05) is 41.6 Å². The highest BCUT2D eigenvalue weighted by Gasteiger charge is 2.80. The van der Waals surface area contributed by atoms with Gasteiger partial charge in [-0.05, 0) is 23.3 Å². The summed E-state index contributed by atoms with van der Waals surface area (Å²) in [5, 5.41) is 6.53. The fraction of sp³-hybridized carbons (Fsp3) is 0.263. The van der Waals surface area contributed by atoms with Gasteiger partial charge in [-0.25, -0.2) is 0 Å². The van der Waals surface area contributed by atoms with Crippen molar-refractivity contribution in [1.82, 2.24) is 5.32 Å². The van der Waals surface area contributed by atoms with Crippen LogP contribution in [0, 0.1) is 0 Å². The van der Waals surface area contributed by atoms with E-state index in [1.165, 1.54) is 7.11 Å². The summed E-state index contributed by atoms with van der Waals surface area (Å²) < 4.78 is 35.8. The molecule has 1 atom stereocenters. The smallest absolute Gasteiger partial charge is 0.427 e. The van der Waals surface area contributed by atoms with Gasteiger partial charge in [0.1, 0.15) is 5.75 Å². The van der Waals surface area contributed by atoms with Gasteiger partial charge in [0.15, 0.2) is 0 Å². The van der Waals surface area contributed by atoms with Crippen molar-refractivity contribution < 1.29 is 27.9 Å². The van der Waals surface area contributed by atoms with Crippen LogP contribution >= 0.6 is 0 Å². The third kappa shape index (κ3) is 3.12. The zero-order valence-electron chi connectivity index (χ0n) is 14.4. The van der Waals surface area contributed by atoms with Gasteiger partial charge in [0.25, 0.3) is 5.91 Å². The van der Waals surface area contributed by atoms with Crippen molar-refractivity contribution in [3.63, 3.8) is 0 Å². The maximum atomic E-state index is 13.1. The Morgan fingerprint density at radius 3 is 2.56 bits per heavy atom. The number of rotatable bonds is 5. The number of para-hydroxylation sites is 1. The van der Waals surface area contributed by atoms with Crippen LogP contribution in [0.2, 0.25) is 0 Å². The van der Waals surface area contributed by atoms with E-state index in [1.54, 1.807) is 48.5 Å². The molecule has 2 heterocycles. The Morgan fingerprint density at radius 2 is 1.93 bits per heavy atom. The van der Waals surface area contributed by atoms with Gasteiger partial charge in [0.05, 0.1) is 24.8 Å². The second-order valence-electron chi connectivity index (χ2n) is 6.26. The molecule has 27 heavy (non-hydrogen) atoms. The van der Waals surface area contributed by atoms with Gasteiger partial charge in [-0.15, -0.1) is 0 Å². The average Bonchev–Trinajstić information content (AvgIpc) is 3.01. The van der Waals surface area contributed by atoms with Gasteiger partial charge in [-0.2, -0.15) is 8.78 Å². The quantitative estimate of drug-likeness (QED) is 0.817. The summed E-state index contributed by atoms with van der Waals surface area (Å²) in [4.78, 5) is 17.1. The van der Waals surface area contributed by atoms with Crippen LogP contribution in [0.5, 0.6) is 5.75 Å². The van der Waals surface area contributed by atoms with E-state index >= 15 is 0 Å². The maximum absolute atomic E-state index is 13.1. The monoisotopic (exact) mass is 374 g/mol. The van der Waals surface area contributed by atoms with E-state index in [0.29, 0.717) is 29.1 Å². The van der Waals surface area contributed by atoms with Crippen LogP contribution < -0.4 is 10.1 Å². The minimum absolute atomic E-state index is 0.107. The largest absolute Gasteiger partial charge is 0.496 e. The minimum atomic E-state index is -3.29. The molecule has 0 radical (unpaired) electrons. The van der Waals surface area contributed by atoms with Crippen molar-refractivity contribution >= 4 is 11.6 Å². The summed E-state index contributed by atoms with van der Waals surface area (Å²) in [5.41, 5.74) is 2.36. The molecule has 2 aliphatic heterocycles. The normalized spacial score (nSPS) is 22.1. The molecule has 4 rings (SSSR count). The summed E-state index contributed by atoms with van der Waals surface area (Å²) in [5.74, 6) is -1.68. The Kier molecular flexibility index (Phi) is 4.07. The number of ether oxygens (including phenoxy) is 2. The number of halogens is 2. The molecule has 1 amide bonds. The van der Waals surface area contributed by atoms with Crippen LogP contribution in [0.15, 0.2) is 53.7 Å². The molecule has 1 spiro atoms. The second kappa shape index (κ2) is 6.31. The predicted molar refractivity (Wildman–Crippen MR) is 91.6 cm³/mol. The molecule has 0 saturated carbocycles. The summed E-state index contributed by atoms with van der Waals surface area (Å²) in [6.07, 6.45) is -3.40. The SMILES string of the molecule is COc1ccccc1C(=O)NCc1ccc(C2=NOC3(C2)OC3(F)F)cc1. The first-order chi connectivity index (χ1) is 12.9. The summed E-state index contributed by atoms with van der Waals surface area (Å²) in [7, 11) is 1.51.